The molecule has 0 bridgehead atoms. The minimum Gasteiger partial charge on any atom is -0.480 e. The number of nitrogens with zero attached hydrogens (tertiary/aromatic N) is 2. The fourth-order valence-corrected chi connectivity index (χ4v) is 6.83. The van der Waals surface area contributed by atoms with E-state index in [0.717, 1.165) is 24.8 Å². The first-order valence-electron chi connectivity index (χ1n) is 9.48. The third-order valence-corrected chi connectivity index (χ3v) is 8.15. The maximum absolute atomic E-state index is 13.4. The number of anilines is 1. The number of hydrogen-bond acceptors (Lipinski definition) is 4. The molecule has 1 saturated carbocycles. The number of carbonyl (C=O) groups excluding carboxylic acids is 1. The van der Waals surface area contributed by atoms with E-state index >= 15 is 0 Å². The number of sulfonamides is 1. The van der Waals surface area contributed by atoms with E-state index in [4.69, 9.17) is 0 Å². The predicted octanol–water partition coefficient (Wildman–Crippen LogP) is 2.00. The molecule has 0 radical (unpaired) electrons. The molecule has 1 N–H and O–H groups in total. The van der Waals surface area contributed by atoms with Crippen LogP contribution >= 0.6 is 0 Å². The van der Waals surface area contributed by atoms with Gasteiger partial charge in [0.1, 0.15) is 6.04 Å². The van der Waals surface area contributed by atoms with Gasteiger partial charge in [-0.2, -0.15) is 4.31 Å². The summed E-state index contributed by atoms with van der Waals surface area (Å²) in [6.07, 6.45) is 4.60. The van der Waals surface area contributed by atoms with E-state index in [-0.39, 0.29) is 22.8 Å². The Balaban J connectivity index is 1.75. The molecule has 3 aliphatic rings. The molecule has 2 heterocycles. The van der Waals surface area contributed by atoms with Crippen LogP contribution in [0.1, 0.15) is 44.6 Å². The highest BCUT2D eigenvalue weighted by Crippen LogP contribution is 2.43. The smallest absolute Gasteiger partial charge is 0.322 e. The van der Waals surface area contributed by atoms with E-state index in [1.807, 2.05) is 0 Å². The Hall–Kier alpha value is -1.93. The molecule has 1 aromatic carbocycles. The first-order valence-corrected chi connectivity index (χ1v) is 10.9. The Kier molecular flexibility index (Phi) is 4.50. The zero-order valence-electron chi connectivity index (χ0n) is 15.3. The SMILES string of the molecule is CC(=O)N1CCc2ccc(S(=O)(=O)N3C(C(=O)O)CC4CCCCC43)cc21. The van der Waals surface area contributed by atoms with E-state index in [2.05, 4.69) is 0 Å². The number of fused-ring (bicyclic) bond motifs is 2. The highest BCUT2D eigenvalue weighted by atomic mass is 32.2. The molecule has 1 saturated heterocycles. The largest absolute Gasteiger partial charge is 0.480 e. The maximum Gasteiger partial charge on any atom is 0.322 e. The monoisotopic (exact) mass is 392 g/mol. The van der Waals surface area contributed by atoms with Gasteiger partial charge in [-0.1, -0.05) is 18.9 Å². The lowest BCUT2D eigenvalue weighted by molar-refractivity contribution is -0.141. The molecular formula is C19H24N2O5S. The van der Waals surface area contributed by atoms with Crippen LogP contribution in [0.15, 0.2) is 23.1 Å². The summed E-state index contributed by atoms with van der Waals surface area (Å²) in [7, 11) is -3.96. The van der Waals surface area contributed by atoms with Gasteiger partial charge in [0.2, 0.25) is 15.9 Å². The van der Waals surface area contributed by atoms with Crippen LogP contribution < -0.4 is 4.90 Å². The molecule has 7 nitrogen and oxygen atoms in total. The number of benzene rings is 1. The third-order valence-electron chi connectivity index (χ3n) is 6.22. The Morgan fingerprint density at radius 3 is 2.63 bits per heavy atom. The van der Waals surface area contributed by atoms with Crippen molar-refractivity contribution in [3.63, 3.8) is 0 Å². The number of rotatable bonds is 3. The molecule has 27 heavy (non-hydrogen) atoms. The standard InChI is InChI=1S/C19H24N2O5S/c1-12(22)20-9-8-13-6-7-15(11-17(13)20)27(25,26)21-16-5-3-2-4-14(16)10-18(21)19(23)24/h6-7,11,14,16,18H,2-5,8-10H2,1H3,(H,23,24). The summed E-state index contributed by atoms with van der Waals surface area (Å²) < 4.78 is 28.1. The van der Waals surface area contributed by atoms with Crippen molar-refractivity contribution < 1.29 is 23.1 Å². The van der Waals surface area contributed by atoms with Crippen LogP contribution in [-0.2, 0) is 26.0 Å². The van der Waals surface area contributed by atoms with Crippen LogP contribution in [0, 0.1) is 5.92 Å². The quantitative estimate of drug-likeness (QED) is 0.849. The molecular weight excluding hydrogens is 368 g/mol. The van der Waals surface area contributed by atoms with E-state index in [1.54, 1.807) is 17.0 Å². The summed E-state index contributed by atoms with van der Waals surface area (Å²) in [5, 5.41) is 9.65. The highest BCUT2D eigenvalue weighted by Gasteiger charge is 2.51. The van der Waals surface area contributed by atoms with Crippen LogP contribution in [0.3, 0.4) is 0 Å². The molecule has 3 atom stereocenters. The number of carbonyl (C=O) groups is 2. The zero-order chi connectivity index (χ0) is 19.3. The van der Waals surface area contributed by atoms with Crippen molar-refractivity contribution in [1.82, 2.24) is 4.31 Å². The lowest BCUT2D eigenvalue weighted by atomic mass is 9.85. The van der Waals surface area contributed by atoms with Crippen molar-refractivity contribution in [1.29, 1.82) is 0 Å². The van der Waals surface area contributed by atoms with Crippen LogP contribution in [0.4, 0.5) is 5.69 Å². The third kappa shape index (κ3) is 2.95. The van der Waals surface area contributed by atoms with Gasteiger partial charge in [0.15, 0.2) is 0 Å². The lowest BCUT2D eigenvalue weighted by Crippen LogP contribution is -2.46. The van der Waals surface area contributed by atoms with Gasteiger partial charge in [-0.05, 0) is 49.3 Å². The summed E-state index contributed by atoms with van der Waals surface area (Å²) in [5.41, 5.74) is 1.56. The van der Waals surface area contributed by atoms with Crippen LogP contribution in [0.25, 0.3) is 0 Å². The first kappa shape index (κ1) is 18.4. The second kappa shape index (κ2) is 6.60. The average molecular weight is 392 g/mol. The van der Waals surface area contributed by atoms with Crippen molar-refractivity contribution in [3.8, 4) is 0 Å². The first-order chi connectivity index (χ1) is 12.8. The van der Waals surface area contributed by atoms with Gasteiger partial charge in [-0.3, -0.25) is 9.59 Å². The fraction of sp³-hybridized carbons (Fsp3) is 0.579. The summed E-state index contributed by atoms with van der Waals surface area (Å²) >= 11 is 0. The Bertz CT molecular complexity index is 897. The minimum atomic E-state index is -3.96. The molecule has 2 fully saturated rings. The molecule has 1 amide bonds. The fourth-order valence-electron chi connectivity index (χ4n) is 4.94. The van der Waals surface area contributed by atoms with Gasteiger partial charge >= 0.3 is 5.97 Å². The normalized spacial score (nSPS) is 28.0. The number of carboxylic acid groups (broad SMARTS) is 1. The minimum absolute atomic E-state index is 0.0758. The molecule has 2 aliphatic heterocycles. The van der Waals surface area contributed by atoms with Gasteiger partial charge < -0.3 is 10.0 Å². The van der Waals surface area contributed by atoms with Crippen LogP contribution in [-0.4, -0.2) is 48.3 Å². The van der Waals surface area contributed by atoms with E-state index in [9.17, 15) is 23.1 Å². The molecule has 0 aromatic heterocycles. The number of carboxylic acids is 1. The van der Waals surface area contributed by atoms with Crippen LogP contribution in [0.2, 0.25) is 0 Å². The molecule has 4 rings (SSSR count). The lowest BCUT2D eigenvalue weighted by Gasteiger charge is -2.32. The van der Waals surface area contributed by atoms with Gasteiger partial charge in [-0.15, -0.1) is 0 Å². The van der Waals surface area contributed by atoms with Gasteiger partial charge in [-0.25, -0.2) is 8.42 Å². The molecule has 3 unspecified atom stereocenters. The van der Waals surface area contributed by atoms with E-state index < -0.39 is 22.0 Å². The molecule has 8 heteroatoms. The van der Waals surface area contributed by atoms with Gasteiger partial charge in [0.25, 0.3) is 0 Å². The maximum atomic E-state index is 13.4. The van der Waals surface area contributed by atoms with Crippen LogP contribution in [0.5, 0.6) is 0 Å². The molecule has 1 aromatic rings. The van der Waals surface area contributed by atoms with Gasteiger partial charge in [0, 0.05) is 25.2 Å². The average Bonchev–Trinajstić information content (AvgIpc) is 3.23. The second-order valence-electron chi connectivity index (χ2n) is 7.75. The summed E-state index contributed by atoms with van der Waals surface area (Å²) in [4.78, 5) is 25.3. The number of amides is 1. The zero-order valence-corrected chi connectivity index (χ0v) is 16.1. The molecule has 0 spiro atoms. The Morgan fingerprint density at radius 1 is 1.19 bits per heavy atom. The second-order valence-corrected chi connectivity index (χ2v) is 9.59. The summed E-state index contributed by atoms with van der Waals surface area (Å²) in [6.45, 7) is 2.00. The summed E-state index contributed by atoms with van der Waals surface area (Å²) in [6, 6.07) is 3.57. The van der Waals surface area contributed by atoms with E-state index in [1.165, 1.54) is 17.3 Å². The van der Waals surface area contributed by atoms with Crippen molar-refractivity contribution in [2.45, 2.75) is 62.4 Å². The Labute approximate surface area is 159 Å². The number of aliphatic carboxylic acids is 1. The van der Waals surface area contributed by atoms with E-state index in [0.29, 0.717) is 31.5 Å². The van der Waals surface area contributed by atoms with Crippen molar-refractivity contribution in [2.75, 3.05) is 11.4 Å². The van der Waals surface area contributed by atoms with Crippen molar-refractivity contribution >= 4 is 27.6 Å². The summed E-state index contributed by atoms with van der Waals surface area (Å²) in [5.74, 6) is -1.10. The predicted molar refractivity (Wildman–Crippen MR) is 99.0 cm³/mol. The highest BCUT2D eigenvalue weighted by molar-refractivity contribution is 7.89. The van der Waals surface area contributed by atoms with Crippen molar-refractivity contribution in [2.24, 2.45) is 5.92 Å². The topological polar surface area (TPSA) is 95.0 Å². The van der Waals surface area contributed by atoms with Gasteiger partial charge in [0.05, 0.1) is 4.90 Å². The van der Waals surface area contributed by atoms with Crippen molar-refractivity contribution in [3.05, 3.63) is 23.8 Å². The Morgan fingerprint density at radius 2 is 1.93 bits per heavy atom. The molecule has 146 valence electrons. The number of hydrogen-bond donors (Lipinski definition) is 1. The molecule has 1 aliphatic carbocycles.